The van der Waals surface area contributed by atoms with Gasteiger partial charge in [0, 0.05) is 10.6 Å². The Hall–Kier alpha value is -2.70. The van der Waals surface area contributed by atoms with Gasteiger partial charge in [-0.2, -0.15) is 0 Å². The number of rotatable bonds is 7. The second-order valence-electron chi connectivity index (χ2n) is 7.24. The topological polar surface area (TPSA) is 64.9 Å². The highest BCUT2D eigenvalue weighted by molar-refractivity contribution is 6.46. The zero-order chi connectivity index (χ0) is 21.8. The largest absolute Gasteiger partial charge is 0.872 e. The molecule has 1 aliphatic rings. The molecule has 0 spiro atoms. The van der Waals surface area contributed by atoms with Crippen molar-refractivity contribution in [2.45, 2.75) is 19.9 Å². The molecule has 1 aliphatic heterocycles. The van der Waals surface area contributed by atoms with Gasteiger partial charge < -0.3 is 14.9 Å². The standard InChI is InChI=1S/C23H24ClFN2O3/c1-3-26(4-2)12-13-27-20(16-6-5-7-17(24)14-16)19(22(29)23(27)30)21(28)15-8-10-18(25)11-9-15/h5-11,14,20,28H,3-4,12-13H2,1-2H3/b21-19+. The fourth-order valence-corrected chi connectivity index (χ4v) is 3.96. The van der Waals surface area contributed by atoms with Crippen LogP contribution in [0, 0.1) is 5.82 Å². The number of ketones is 1. The molecule has 158 valence electrons. The molecular formula is C23H24ClFN2O3. The van der Waals surface area contributed by atoms with Gasteiger partial charge >= 0.3 is 0 Å². The Morgan fingerprint density at radius 2 is 1.80 bits per heavy atom. The maximum absolute atomic E-state index is 13.3. The summed E-state index contributed by atoms with van der Waals surface area (Å²) in [6.07, 6.45) is 0. The van der Waals surface area contributed by atoms with E-state index >= 15 is 0 Å². The SMILES string of the molecule is CC[NH+](CC)CCN1C(=O)C(=O)/C(=C(/[O-])c2ccc(F)cc2)C1c1cccc(Cl)c1. The smallest absolute Gasteiger partial charge is 0.295 e. The molecule has 3 rings (SSSR count). The summed E-state index contributed by atoms with van der Waals surface area (Å²) in [5, 5.41) is 13.6. The van der Waals surface area contributed by atoms with E-state index < -0.39 is 29.3 Å². The molecule has 30 heavy (non-hydrogen) atoms. The van der Waals surface area contributed by atoms with Crippen molar-refractivity contribution in [2.24, 2.45) is 0 Å². The van der Waals surface area contributed by atoms with Crippen LogP contribution in [0.4, 0.5) is 4.39 Å². The summed E-state index contributed by atoms with van der Waals surface area (Å²) in [5.41, 5.74) is 0.640. The van der Waals surface area contributed by atoms with Crippen molar-refractivity contribution >= 4 is 29.1 Å². The average Bonchev–Trinajstić information content (AvgIpc) is 2.99. The number of amides is 1. The number of likely N-dealkylation sites (N-methyl/N-ethyl adjacent to an activating group) is 1. The minimum atomic E-state index is -0.823. The molecule has 0 bridgehead atoms. The number of carbonyl (C=O) groups excluding carboxylic acids is 2. The number of nitrogens with one attached hydrogen (secondary N) is 1. The lowest BCUT2D eigenvalue weighted by Gasteiger charge is -2.28. The van der Waals surface area contributed by atoms with Gasteiger partial charge in [-0.25, -0.2) is 4.39 Å². The van der Waals surface area contributed by atoms with E-state index in [2.05, 4.69) is 13.8 Å². The van der Waals surface area contributed by atoms with E-state index in [1.54, 1.807) is 24.3 Å². The van der Waals surface area contributed by atoms with E-state index in [0.29, 0.717) is 23.7 Å². The van der Waals surface area contributed by atoms with Gasteiger partial charge in [0.1, 0.15) is 5.82 Å². The number of likely N-dealkylation sites (tertiary alicyclic amines) is 1. The van der Waals surface area contributed by atoms with Gasteiger partial charge in [-0.3, -0.25) is 9.59 Å². The zero-order valence-electron chi connectivity index (χ0n) is 17.0. The predicted octanol–water partition coefficient (Wildman–Crippen LogP) is 1.63. The van der Waals surface area contributed by atoms with Crippen molar-refractivity contribution in [1.82, 2.24) is 4.90 Å². The molecule has 0 saturated carbocycles. The van der Waals surface area contributed by atoms with Crippen molar-refractivity contribution in [3.63, 3.8) is 0 Å². The first-order chi connectivity index (χ1) is 14.4. The number of hydrogen-bond acceptors (Lipinski definition) is 3. The van der Waals surface area contributed by atoms with Gasteiger partial charge in [-0.1, -0.05) is 41.6 Å². The number of nitrogens with zero attached hydrogens (tertiary/aromatic N) is 1. The van der Waals surface area contributed by atoms with E-state index in [-0.39, 0.29) is 11.1 Å². The molecule has 5 nitrogen and oxygen atoms in total. The lowest BCUT2D eigenvalue weighted by Crippen LogP contribution is -3.12. The third kappa shape index (κ3) is 4.40. The zero-order valence-corrected chi connectivity index (χ0v) is 17.7. The van der Waals surface area contributed by atoms with Gasteiger partial charge in [0.15, 0.2) is 0 Å². The molecule has 0 radical (unpaired) electrons. The maximum atomic E-state index is 13.3. The van der Waals surface area contributed by atoms with Crippen LogP contribution in [0.1, 0.15) is 31.0 Å². The number of benzene rings is 2. The molecule has 1 saturated heterocycles. The first-order valence-electron chi connectivity index (χ1n) is 9.98. The number of quaternary nitrogens is 1. The van der Waals surface area contributed by atoms with Crippen molar-refractivity contribution in [3.05, 3.63) is 76.1 Å². The normalized spacial score (nSPS) is 18.4. The highest BCUT2D eigenvalue weighted by atomic mass is 35.5. The Labute approximate surface area is 180 Å². The van der Waals surface area contributed by atoms with E-state index in [0.717, 1.165) is 25.2 Å². The van der Waals surface area contributed by atoms with E-state index in [1.807, 2.05) is 0 Å². The lowest BCUT2D eigenvalue weighted by molar-refractivity contribution is -0.895. The summed E-state index contributed by atoms with van der Waals surface area (Å²) in [4.78, 5) is 28.5. The number of Topliss-reactive ketones (excluding diaryl/α,β-unsaturated/α-hetero) is 1. The van der Waals surface area contributed by atoms with Crippen molar-refractivity contribution in [3.8, 4) is 0 Å². The molecule has 1 amide bonds. The third-order valence-electron chi connectivity index (χ3n) is 5.51. The molecule has 1 atom stereocenters. The lowest BCUT2D eigenvalue weighted by atomic mass is 9.95. The van der Waals surface area contributed by atoms with Crippen LogP contribution >= 0.6 is 11.6 Å². The van der Waals surface area contributed by atoms with Crippen LogP contribution < -0.4 is 10.0 Å². The van der Waals surface area contributed by atoms with Crippen LogP contribution in [0.5, 0.6) is 0 Å². The average molecular weight is 431 g/mol. The van der Waals surface area contributed by atoms with Crippen LogP contribution in [0.2, 0.25) is 5.02 Å². The molecule has 2 aromatic carbocycles. The van der Waals surface area contributed by atoms with Crippen molar-refractivity contribution in [1.29, 1.82) is 0 Å². The Kier molecular flexibility index (Phi) is 6.90. The molecule has 7 heteroatoms. The number of hydrogen-bond donors (Lipinski definition) is 1. The summed E-state index contributed by atoms with van der Waals surface area (Å²) in [7, 11) is 0. The maximum Gasteiger partial charge on any atom is 0.295 e. The molecular weight excluding hydrogens is 407 g/mol. The second-order valence-corrected chi connectivity index (χ2v) is 7.68. The summed E-state index contributed by atoms with van der Waals surface area (Å²) >= 11 is 6.15. The van der Waals surface area contributed by atoms with Crippen LogP contribution in [0.15, 0.2) is 54.1 Å². The molecule has 0 aromatic heterocycles. The fraction of sp³-hybridized carbons (Fsp3) is 0.304. The van der Waals surface area contributed by atoms with Gasteiger partial charge in [0.25, 0.3) is 5.91 Å². The third-order valence-corrected chi connectivity index (χ3v) is 5.74. The Morgan fingerprint density at radius 1 is 1.13 bits per heavy atom. The molecule has 1 unspecified atom stereocenters. The van der Waals surface area contributed by atoms with Crippen LogP contribution in [0.25, 0.3) is 5.76 Å². The fourth-order valence-electron chi connectivity index (χ4n) is 3.76. The number of halogens is 2. The van der Waals surface area contributed by atoms with E-state index in [1.165, 1.54) is 21.9 Å². The molecule has 1 N–H and O–H groups in total. The predicted molar refractivity (Wildman–Crippen MR) is 111 cm³/mol. The van der Waals surface area contributed by atoms with Crippen molar-refractivity contribution < 1.29 is 24.0 Å². The minimum absolute atomic E-state index is 0.122. The Balaban J connectivity index is 2.09. The second kappa shape index (κ2) is 9.41. The summed E-state index contributed by atoms with van der Waals surface area (Å²) < 4.78 is 13.3. The molecule has 0 aliphatic carbocycles. The summed E-state index contributed by atoms with van der Waals surface area (Å²) in [6, 6.07) is 11.0. The number of carbonyl (C=O) groups is 2. The van der Waals surface area contributed by atoms with Crippen molar-refractivity contribution in [2.75, 3.05) is 26.2 Å². The highest BCUT2D eigenvalue weighted by Gasteiger charge is 2.44. The van der Waals surface area contributed by atoms with Crippen LogP contribution in [-0.4, -0.2) is 42.8 Å². The van der Waals surface area contributed by atoms with Crippen LogP contribution in [-0.2, 0) is 9.59 Å². The van der Waals surface area contributed by atoms with Gasteiger partial charge in [-0.15, -0.1) is 0 Å². The quantitative estimate of drug-likeness (QED) is 0.412. The Morgan fingerprint density at radius 3 is 2.40 bits per heavy atom. The molecule has 1 fully saturated rings. The molecule has 2 aromatic rings. The van der Waals surface area contributed by atoms with Gasteiger partial charge in [0.05, 0.1) is 32.2 Å². The first-order valence-corrected chi connectivity index (χ1v) is 10.4. The van der Waals surface area contributed by atoms with Gasteiger partial charge in [0.2, 0.25) is 5.78 Å². The van der Waals surface area contributed by atoms with Gasteiger partial charge in [-0.05, 0) is 49.2 Å². The highest BCUT2D eigenvalue weighted by Crippen LogP contribution is 2.38. The summed E-state index contributed by atoms with van der Waals surface area (Å²) in [6.45, 7) is 6.87. The van der Waals surface area contributed by atoms with Crippen LogP contribution in [0.3, 0.4) is 0 Å². The van der Waals surface area contributed by atoms with E-state index in [9.17, 15) is 19.1 Å². The summed E-state index contributed by atoms with van der Waals surface area (Å²) in [5.74, 6) is -2.57. The van der Waals surface area contributed by atoms with E-state index in [4.69, 9.17) is 11.6 Å². The Bertz CT molecular complexity index is 971. The molecule has 1 heterocycles. The minimum Gasteiger partial charge on any atom is -0.872 e. The first kappa shape index (κ1) is 22.0. The monoisotopic (exact) mass is 430 g/mol.